The van der Waals surface area contributed by atoms with Crippen molar-refractivity contribution in [1.82, 2.24) is 5.32 Å². The van der Waals surface area contributed by atoms with Crippen molar-refractivity contribution in [2.45, 2.75) is 66.3 Å². The molecule has 1 fully saturated rings. The van der Waals surface area contributed by atoms with E-state index in [1.54, 1.807) is 6.92 Å². The number of aliphatic hydroxyl groups is 1. The second-order valence-electron chi connectivity index (χ2n) is 7.74. The topological polar surface area (TPSA) is 101 Å². The number of Topliss-reactive ketones (excluding diaryl/α,β-unsaturated/α-hetero) is 3. The maximum atomic E-state index is 12.7. The van der Waals surface area contributed by atoms with Gasteiger partial charge in [-0.1, -0.05) is 6.92 Å². The summed E-state index contributed by atoms with van der Waals surface area (Å²) in [6, 6.07) is 0. The zero-order valence-electron chi connectivity index (χ0n) is 18.1. The smallest absolute Gasteiger partial charge is 0.235 e. The summed E-state index contributed by atoms with van der Waals surface area (Å²) < 4.78 is 0. The largest absolute Gasteiger partial charge is 0.511 e. The van der Waals surface area contributed by atoms with Gasteiger partial charge in [0.1, 0.15) is 11.6 Å². The number of amides is 1. The summed E-state index contributed by atoms with van der Waals surface area (Å²) in [5, 5.41) is 12.7. The predicted molar refractivity (Wildman–Crippen MR) is 115 cm³/mol. The second-order valence-corrected chi connectivity index (χ2v) is 8.00. The third-order valence-corrected chi connectivity index (χ3v) is 6.09. The SMILES string of the molecule is CCC(O)=C1C(=O)CC(c2c(C)c(CNC(=O)CCl)c(C)c(C(C)=O)c2C)CC1=O. The van der Waals surface area contributed by atoms with Gasteiger partial charge in [0.25, 0.3) is 0 Å². The monoisotopic (exact) mass is 433 g/mol. The van der Waals surface area contributed by atoms with E-state index in [2.05, 4.69) is 5.32 Å². The molecule has 0 heterocycles. The van der Waals surface area contributed by atoms with Crippen molar-refractivity contribution >= 4 is 34.9 Å². The van der Waals surface area contributed by atoms with Crippen LogP contribution in [0.1, 0.15) is 77.2 Å². The lowest BCUT2D eigenvalue weighted by molar-refractivity contribution is -0.124. The number of nitrogens with one attached hydrogen (secondary N) is 1. The van der Waals surface area contributed by atoms with Crippen molar-refractivity contribution < 1.29 is 24.3 Å². The van der Waals surface area contributed by atoms with Gasteiger partial charge in [-0.3, -0.25) is 19.2 Å². The zero-order chi connectivity index (χ0) is 22.7. The Morgan fingerprint density at radius 1 is 1.07 bits per heavy atom. The number of rotatable bonds is 6. The number of halogens is 1. The fourth-order valence-corrected chi connectivity index (χ4v) is 4.61. The standard InChI is InChI=1S/C23H28ClNO5/c1-6-17(27)23-18(28)7-15(8-19(23)29)22-12(3)16(10-25-20(30)9-24)11(2)21(13(22)4)14(5)26/h15,27H,6-10H2,1-5H3,(H,25,30). The molecule has 30 heavy (non-hydrogen) atoms. The first-order chi connectivity index (χ1) is 14.0. The second kappa shape index (κ2) is 9.56. The van der Waals surface area contributed by atoms with Gasteiger partial charge in [0.2, 0.25) is 5.91 Å². The maximum absolute atomic E-state index is 12.7. The Hall–Kier alpha value is -2.47. The molecule has 1 amide bonds. The summed E-state index contributed by atoms with van der Waals surface area (Å²) in [5.74, 6) is -1.93. The van der Waals surface area contributed by atoms with Crippen LogP contribution in [0.2, 0.25) is 0 Å². The van der Waals surface area contributed by atoms with Gasteiger partial charge in [0.05, 0.1) is 5.57 Å². The van der Waals surface area contributed by atoms with Crippen molar-refractivity contribution in [3.05, 3.63) is 44.7 Å². The van der Waals surface area contributed by atoms with Crippen LogP contribution >= 0.6 is 11.6 Å². The highest BCUT2D eigenvalue weighted by molar-refractivity contribution is 6.27. The number of alkyl halides is 1. The summed E-state index contributed by atoms with van der Waals surface area (Å²) in [5.41, 5.74) is 4.40. The molecular weight excluding hydrogens is 406 g/mol. The summed E-state index contributed by atoms with van der Waals surface area (Å²) in [6.45, 7) is 8.91. The van der Waals surface area contributed by atoms with Gasteiger partial charge in [-0.25, -0.2) is 0 Å². The molecule has 0 unspecified atom stereocenters. The van der Waals surface area contributed by atoms with Crippen molar-refractivity contribution in [2.75, 3.05) is 5.88 Å². The Morgan fingerprint density at radius 3 is 2.10 bits per heavy atom. The van der Waals surface area contributed by atoms with E-state index in [9.17, 15) is 24.3 Å². The molecular formula is C23H28ClNO5. The van der Waals surface area contributed by atoms with Crippen molar-refractivity contribution in [3.63, 3.8) is 0 Å². The molecule has 0 atom stereocenters. The number of carbonyl (C=O) groups excluding carboxylic acids is 4. The normalized spacial score (nSPS) is 16.6. The van der Waals surface area contributed by atoms with Crippen LogP contribution in [0, 0.1) is 20.8 Å². The Bertz CT molecular complexity index is 941. The number of hydrogen-bond donors (Lipinski definition) is 2. The highest BCUT2D eigenvalue weighted by Gasteiger charge is 2.36. The number of carbonyl (C=O) groups is 4. The summed E-state index contributed by atoms with van der Waals surface area (Å²) in [4.78, 5) is 49.4. The van der Waals surface area contributed by atoms with E-state index in [0.717, 1.165) is 27.8 Å². The molecule has 0 saturated heterocycles. The minimum absolute atomic E-state index is 0.0840. The molecule has 1 saturated carbocycles. The number of hydrogen-bond acceptors (Lipinski definition) is 5. The van der Waals surface area contributed by atoms with E-state index in [-0.39, 0.29) is 72.2 Å². The molecule has 1 aromatic rings. The van der Waals surface area contributed by atoms with E-state index in [4.69, 9.17) is 11.6 Å². The fourth-order valence-electron chi connectivity index (χ4n) is 4.51. The van der Waals surface area contributed by atoms with Crippen LogP contribution in [0.25, 0.3) is 0 Å². The summed E-state index contributed by atoms with van der Waals surface area (Å²) in [6.07, 6.45) is 0.389. The lowest BCUT2D eigenvalue weighted by Crippen LogP contribution is -2.29. The van der Waals surface area contributed by atoms with Gasteiger partial charge in [-0.2, -0.15) is 0 Å². The van der Waals surface area contributed by atoms with E-state index in [1.165, 1.54) is 6.92 Å². The number of aliphatic hydroxyl groups excluding tert-OH is 1. The minimum atomic E-state index is -0.389. The maximum Gasteiger partial charge on any atom is 0.235 e. The number of ketones is 3. The van der Waals surface area contributed by atoms with Gasteiger partial charge < -0.3 is 10.4 Å². The van der Waals surface area contributed by atoms with E-state index >= 15 is 0 Å². The first-order valence-electron chi connectivity index (χ1n) is 9.99. The lowest BCUT2D eigenvalue weighted by atomic mass is 9.74. The highest BCUT2D eigenvalue weighted by atomic mass is 35.5. The Kier molecular flexibility index (Phi) is 7.59. The van der Waals surface area contributed by atoms with Crippen LogP contribution in [-0.2, 0) is 20.9 Å². The molecule has 7 heteroatoms. The van der Waals surface area contributed by atoms with Crippen LogP contribution < -0.4 is 5.32 Å². The lowest BCUT2D eigenvalue weighted by Gasteiger charge is -2.29. The van der Waals surface area contributed by atoms with Gasteiger partial charge in [-0.15, -0.1) is 11.6 Å². The third-order valence-electron chi connectivity index (χ3n) is 5.85. The van der Waals surface area contributed by atoms with Crippen LogP contribution in [0.4, 0.5) is 0 Å². The molecule has 0 aliphatic heterocycles. The molecule has 0 radical (unpaired) electrons. The first kappa shape index (κ1) is 23.8. The molecule has 162 valence electrons. The quantitative estimate of drug-likeness (QED) is 0.233. The van der Waals surface area contributed by atoms with E-state index in [1.807, 2.05) is 20.8 Å². The number of benzene rings is 1. The summed E-state index contributed by atoms with van der Waals surface area (Å²) in [7, 11) is 0. The molecule has 6 nitrogen and oxygen atoms in total. The third kappa shape index (κ3) is 4.48. The Balaban J connectivity index is 2.61. The molecule has 1 aliphatic rings. The molecule has 1 aliphatic carbocycles. The predicted octanol–water partition coefficient (Wildman–Crippen LogP) is 3.91. The molecule has 2 N–H and O–H groups in total. The molecule has 0 spiro atoms. The molecule has 0 bridgehead atoms. The van der Waals surface area contributed by atoms with E-state index < -0.39 is 0 Å². The van der Waals surface area contributed by atoms with Crippen LogP contribution in [0.3, 0.4) is 0 Å². The van der Waals surface area contributed by atoms with Crippen molar-refractivity contribution in [3.8, 4) is 0 Å². The average Bonchev–Trinajstić information content (AvgIpc) is 2.66. The minimum Gasteiger partial charge on any atom is -0.511 e. The van der Waals surface area contributed by atoms with Gasteiger partial charge in [0.15, 0.2) is 17.3 Å². The molecule has 0 aromatic heterocycles. The van der Waals surface area contributed by atoms with Crippen molar-refractivity contribution in [1.29, 1.82) is 0 Å². The Labute approximate surface area is 181 Å². The fraction of sp³-hybridized carbons (Fsp3) is 0.478. The average molecular weight is 434 g/mol. The summed E-state index contributed by atoms with van der Waals surface area (Å²) >= 11 is 5.58. The van der Waals surface area contributed by atoms with Crippen molar-refractivity contribution in [2.24, 2.45) is 0 Å². The number of allylic oxidation sites excluding steroid dienone is 2. The van der Waals surface area contributed by atoms with Crippen LogP contribution in [0.15, 0.2) is 11.3 Å². The van der Waals surface area contributed by atoms with Crippen LogP contribution in [-0.4, -0.2) is 34.2 Å². The van der Waals surface area contributed by atoms with Crippen LogP contribution in [0.5, 0.6) is 0 Å². The van der Waals surface area contributed by atoms with Gasteiger partial charge in [-0.05, 0) is 61.4 Å². The molecule has 2 rings (SSSR count). The van der Waals surface area contributed by atoms with Gasteiger partial charge >= 0.3 is 0 Å². The zero-order valence-corrected chi connectivity index (χ0v) is 18.8. The van der Waals surface area contributed by atoms with E-state index in [0.29, 0.717) is 5.56 Å². The highest BCUT2D eigenvalue weighted by Crippen LogP contribution is 2.39. The van der Waals surface area contributed by atoms with Gasteiger partial charge in [0, 0.05) is 31.4 Å². The first-order valence-corrected chi connectivity index (χ1v) is 10.5. The Morgan fingerprint density at radius 2 is 1.63 bits per heavy atom. The molecule has 1 aromatic carbocycles.